The number of hydrogen-bond acceptors (Lipinski definition) is 1. The Morgan fingerprint density at radius 1 is 1.06 bits per heavy atom. The van der Waals surface area contributed by atoms with Crippen molar-refractivity contribution in [2.75, 3.05) is 6.54 Å². The third kappa shape index (κ3) is 2.23. The smallest absolute Gasteiger partial charge is 0.260 e. The van der Waals surface area contributed by atoms with Crippen molar-refractivity contribution >= 4 is 0 Å². The number of rotatable bonds is 4. The molecule has 0 unspecified atom stereocenters. The van der Waals surface area contributed by atoms with Gasteiger partial charge in [0.25, 0.3) is 5.92 Å². The van der Waals surface area contributed by atoms with E-state index in [4.69, 9.17) is 0 Å². The van der Waals surface area contributed by atoms with Gasteiger partial charge in [-0.1, -0.05) is 6.92 Å². The minimum absolute atomic E-state index is 0.0492. The highest BCUT2D eigenvalue weighted by Gasteiger charge is 2.51. The molecule has 0 saturated heterocycles. The molecule has 0 aromatic rings. The summed E-state index contributed by atoms with van der Waals surface area (Å²) in [6.45, 7) is 1.46. The van der Waals surface area contributed by atoms with E-state index in [0.717, 1.165) is 37.0 Å². The first-order valence-electron chi connectivity index (χ1n) is 7.13. The summed E-state index contributed by atoms with van der Waals surface area (Å²) in [6.07, 6.45) is 7.50. The van der Waals surface area contributed by atoms with Crippen LogP contribution in [0.1, 0.15) is 51.9 Å². The van der Waals surface area contributed by atoms with E-state index in [2.05, 4.69) is 5.32 Å². The van der Waals surface area contributed by atoms with E-state index in [1.54, 1.807) is 6.92 Å². The van der Waals surface area contributed by atoms with Gasteiger partial charge in [0.1, 0.15) is 0 Å². The normalized spacial score (nSPS) is 44.3. The second-order valence-corrected chi connectivity index (χ2v) is 6.76. The van der Waals surface area contributed by atoms with Gasteiger partial charge in [0.05, 0.1) is 6.54 Å². The van der Waals surface area contributed by atoms with E-state index in [1.165, 1.54) is 19.3 Å². The molecule has 0 spiro atoms. The molecular formula is C14H23F2N. The Labute approximate surface area is 102 Å². The number of nitrogens with one attached hydrogen (secondary N) is 1. The maximum Gasteiger partial charge on any atom is 0.260 e. The van der Waals surface area contributed by atoms with Crippen LogP contribution in [0.4, 0.5) is 8.78 Å². The van der Waals surface area contributed by atoms with Gasteiger partial charge >= 0.3 is 0 Å². The van der Waals surface area contributed by atoms with Crippen molar-refractivity contribution < 1.29 is 8.78 Å². The minimum atomic E-state index is -2.52. The van der Waals surface area contributed by atoms with Crippen LogP contribution in [0.2, 0.25) is 0 Å². The zero-order valence-corrected chi connectivity index (χ0v) is 10.6. The molecule has 0 heterocycles. The Bertz CT molecular complexity index is 265. The van der Waals surface area contributed by atoms with E-state index in [1.807, 2.05) is 0 Å². The molecule has 1 N–H and O–H groups in total. The lowest BCUT2D eigenvalue weighted by Crippen LogP contribution is -2.60. The molecule has 0 aromatic carbocycles. The summed E-state index contributed by atoms with van der Waals surface area (Å²) < 4.78 is 26.8. The molecule has 3 heteroatoms. The summed E-state index contributed by atoms with van der Waals surface area (Å²) in [6, 6.07) is 0. The van der Waals surface area contributed by atoms with Crippen molar-refractivity contribution in [3.8, 4) is 0 Å². The Morgan fingerprint density at radius 2 is 1.53 bits per heavy atom. The molecule has 17 heavy (non-hydrogen) atoms. The predicted molar refractivity (Wildman–Crippen MR) is 64.1 cm³/mol. The van der Waals surface area contributed by atoms with E-state index in [0.29, 0.717) is 0 Å². The Balaban J connectivity index is 1.66. The second kappa shape index (κ2) is 3.91. The van der Waals surface area contributed by atoms with Crippen molar-refractivity contribution in [1.29, 1.82) is 0 Å². The van der Waals surface area contributed by atoms with Crippen molar-refractivity contribution in [2.45, 2.75) is 63.3 Å². The van der Waals surface area contributed by atoms with Gasteiger partial charge in [-0.3, -0.25) is 0 Å². The molecule has 0 amide bonds. The van der Waals surface area contributed by atoms with Gasteiger partial charge in [-0.15, -0.1) is 0 Å². The average Bonchev–Trinajstić information content (AvgIpc) is 2.25. The van der Waals surface area contributed by atoms with Crippen molar-refractivity contribution in [2.24, 2.45) is 17.8 Å². The summed E-state index contributed by atoms with van der Waals surface area (Å²) in [4.78, 5) is 0. The molecule has 98 valence electrons. The Morgan fingerprint density at radius 3 is 1.94 bits per heavy atom. The first-order chi connectivity index (χ1) is 8.00. The largest absolute Gasteiger partial charge is 0.306 e. The SMILES string of the molecule is CCC(F)(F)CNC12CC3CC(CC(C3)C1)C2. The molecule has 4 bridgehead atoms. The topological polar surface area (TPSA) is 12.0 Å². The first-order valence-corrected chi connectivity index (χ1v) is 7.13. The van der Waals surface area contributed by atoms with E-state index in [-0.39, 0.29) is 18.5 Å². The summed E-state index contributed by atoms with van der Waals surface area (Å²) >= 11 is 0. The van der Waals surface area contributed by atoms with Crippen LogP contribution < -0.4 is 5.32 Å². The Hall–Kier alpha value is -0.180. The van der Waals surface area contributed by atoms with Crippen LogP contribution in [-0.4, -0.2) is 18.0 Å². The Kier molecular flexibility index (Phi) is 2.73. The standard InChI is InChI=1S/C14H23F2N/c1-2-14(15,16)9-17-13-6-10-3-11(7-13)5-12(4-10)8-13/h10-12,17H,2-9H2,1H3. The summed E-state index contributed by atoms with van der Waals surface area (Å²) in [5, 5.41) is 3.27. The highest BCUT2D eigenvalue weighted by atomic mass is 19.3. The summed E-state index contributed by atoms with van der Waals surface area (Å²) in [7, 11) is 0. The zero-order valence-electron chi connectivity index (χ0n) is 10.6. The predicted octanol–water partition coefficient (Wildman–Crippen LogP) is 3.59. The molecule has 4 fully saturated rings. The molecule has 4 aliphatic carbocycles. The van der Waals surface area contributed by atoms with Crippen LogP contribution in [0, 0.1) is 17.8 Å². The van der Waals surface area contributed by atoms with Gasteiger partial charge in [-0.2, -0.15) is 0 Å². The minimum Gasteiger partial charge on any atom is -0.306 e. The number of alkyl halides is 2. The lowest BCUT2D eigenvalue weighted by atomic mass is 9.53. The molecule has 4 aliphatic rings. The van der Waals surface area contributed by atoms with Crippen LogP contribution in [0.15, 0.2) is 0 Å². The molecular weight excluding hydrogens is 220 g/mol. The van der Waals surface area contributed by atoms with E-state index < -0.39 is 5.92 Å². The summed E-state index contributed by atoms with van der Waals surface area (Å²) in [5.74, 6) is -0.0550. The van der Waals surface area contributed by atoms with Crippen molar-refractivity contribution in [1.82, 2.24) is 5.32 Å². The second-order valence-electron chi connectivity index (χ2n) is 6.76. The number of halogens is 2. The fraction of sp³-hybridized carbons (Fsp3) is 1.00. The van der Waals surface area contributed by atoms with Gasteiger partial charge in [0.15, 0.2) is 0 Å². The van der Waals surface area contributed by atoms with Gasteiger partial charge < -0.3 is 5.32 Å². The molecule has 0 aliphatic heterocycles. The van der Waals surface area contributed by atoms with Crippen LogP contribution in [0.3, 0.4) is 0 Å². The molecule has 0 aromatic heterocycles. The monoisotopic (exact) mass is 243 g/mol. The maximum atomic E-state index is 13.4. The van der Waals surface area contributed by atoms with Gasteiger partial charge in [0.2, 0.25) is 0 Å². The third-order valence-corrected chi connectivity index (χ3v) is 5.28. The van der Waals surface area contributed by atoms with Gasteiger partial charge in [0, 0.05) is 12.0 Å². The molecule has 4 rings (SSSR count). The number of hydrogen-bond donors (Lipinski definition) is 1. The highest BCUT2D eigenvalue weighted by Crippen LogP contribution is 2.55. The molecule has 0 radical (unpaired) electrons. The van der Waals surface area contributed by atoms with Crippen molar-refractivity contribution in [3.63, 3.8) is 0 Å². The fourth-order valence-corrected chi connectivity index (χ4v) is 4.77. The van der Waals surface area contributed by atoms with E-state index >= 15 is 0 Å². The average molecular weight is 243 g/mol. The lowest BCUT2D eigenvalue weighted by molar-refractivity contribution is -0.0515. The van der Waals surface area contributed by atoms with Crippen LogP contribution in [0.25, 0.3) is 0 Å². The first kappa shape index (κ1) is 11.9. The maximum absolute atomic E-state index is 13.4. The van der Waals surface area contributed by atoms with Crippen LogP contribution in [-0.2, 0) is 0 Å². The fourth-order valence-electron chi connectivity index (χ4n) is 4.77. The van der Waals surface area contributed by atoms with Crippen molar-refractivity contribution in [3.05, 3.63) is 0 Å². The van der Waals surface area contributed by atoms with Gasteiger partial charge in [-0.05, 0) is 56.3 Å². The lowest BCUT2D eigenvalue weighted by Gasteiger charge is -2.57. The zero-order chi connectivity index (χ0) is 12.1. The molecule has 4 saturated carbocycles. The van der Waals surface area contributed by atoms with Crippen LogP contribution in [0.5, 0.6) is 0 Å². The third-order valence-electron chi connectivity index (χ3n) is 5.28. The van der Waals surface area contributed by atoms with Gasteiger partial charge in [-0.25, -0.2) is 8.78 Å². The van der Waals surface area contributed by atoms with E-state index in [9.17, 15) is 8.78 Å². The molecule has 1 nitrogen and oxygen atoms in total. The van der Waals surface area contributed by atoms with Crippen LogP contribution >= 0.6 is 0 Å². The summed E-state index contributed by atoms with van der Waals surface area (Å²) in [5.41, 5.74) is 0.0767. The molecule has 0 atom stereocenters. The highest BCUT2D eigenvalue weighted by molar-refractivity contribution is 5.06. The quantitative estimate of drug-likeness (QED) is 0.795.